The third kappa shape index (κ3) is 3.73. The Morgan fingerprint density at radius 2 is 2.30 bits per heavy atom. The zero-order valence-electron chi connectivity index (χ0n) is 15.1. The molecule has 3 heterocycles. The van der Waals surface area contributed by atoms with Gasteiger partial charge in [-0.2, -0.15) is 0 Å². The van der Waals surface area contributed by atoms with Crippen LogP contribution in [0.1, 0.15) is 26.0 Å². The Morgan fingerprint density at radius 1 is 1.52 bits per heavy atom. The van der Waals surface area contributed by atoms with Crippen LogP contribution in [0, 0.1) is 5.92 Å². The second kappa shape index (κ2) is 8.15. The number of alkyl halides is 1. The number of fused-ring (bicyclic) bond motifs is 1. The molecule has 2 aromatic rings. The number of amides is 1. The molecule has 0 aliphatic carbocycles. The molecule has 0 spiro atoms. The minimum Gasteiger partial charge on any atom is -0.397 e. The number of halogens is 1. The number of rotatable bonds is 7. The summed E-state index contributed by atoms with van der Waals surface area (Å²) in [5, 5.41) is 12.5. The molecule has 1 amide bonds. The van der Waals surface area contributed by atoms with Crippen molar-refractivity contribution < 1.29 is 19.0 Å². The lowest BCUT2D eigenvalue weighted by atomic mass is 9.98. The molecule has 3 rings (SSSR count). The summed E-state index contributed by atoms with van der Waals surface area (Å²) in [5.41, 5.74) is 13.4. The van der Waals surface area contributed by atoms with Crippen LogP contribution in [0.5, 0.6) is 0 Å². The van der Waals surface area contributed by atoms with Gasteiger partial charge in [0, 0.05) is 12.1 Å². The lowest BCUT2D eigenvalue weighted by Gasteiger charge is -2.23. The largest absolute Gasteiger partial charge is 0.397 e. The summed E-state index contributed by atoms with van der Waals surface area (Å²) in [7, 11) is 0. The minimum absolute atomic E-state index is 0.194. The zero-order valence-corrected chi connectivity index (χ0v) is 15.1. The van der Waals surface area contributed by atoms with Crippen LogP contribution < -0.4 is 16.8 Å². The number of carbonyl (C=O) groups is 1. The van der Waals surface area contributed by atoms with Crippen molar-refractivity contribution in [3.05, 3.63) is 18.6 Å². The molecule has 2 unspecified atom stereocenters. The maximum Gasteiger partial charge on any atom is 0.237 e. The highest BCUT2D eigenvalue weighted by Gasteiger charge is 2.44. The Morgan fingerprint density at radius 3 is 3.00 bits per heavy atom. The normalized spacial score (nSPS) is 26.4. The number of hydrogen-bond donors (Lipinski definition) is 4. The van der Waals surface area contributed by atoms with Gasteiger partial charge in [-0.15, -0.1) is 0 Å². The molecule has 27 heavy (non-hydrogen) atoms. The average Bonchev–Trinajstić information content (AvgIpc) is 3.22. The van der Waals surface area contributed by atoms with Crippen molar-refractivity contribution in [2.24, 2.45) is 11.7 Å². The highest BCUT2D eigenvalue weighted by Crippen LogP contribution is 2.36. The number of nitrogens with one attached hydrogen (secondary N) is 1. The van der Waals surface area contributed by atoms with Crippen LogP contribution in [0.2, 0.25) is 0 Å². The summed E-state index contributed by atoms with van der Waals surface area (Å²) in [6, 6.07) is 0.404. The van der Waals surface area contributed by atoms with Crippen LogP contribution in [0.15, 0.2) is 18.6 Å². The third-order valence-electron chi connectivity index (χ3n) is 4.97. The van der Waals surface area contributed by atoms with Crippen molar-refractivity contribution in [3.8, 4) is 0 Å². The highest BCUT2D eigenvalue weighted by molar-refractivity contribution is 5.84. The van der Waals surface area contributed by atoms with Crippen LogP contribution in [0.25, 0.3) is 11.2 Å². The summed E-state index contributed by atoms with van der Waals surface area (Å²) in [5.74, 6) is -0.582. The number of nitrogens with two attached hydrogens (primary N) is 2. The van der Waals surface area contributed by atoms with Gasteiger partial charge in [-0.3, -0.25) is 13.8 Å². The smallest absolute Gasteiger partial charge is 0.237 e. The number of imidazole rings is 1. The monoisotopic (exact) mass is 380 g/mol. The van der Waals surface area contributed by atoms with Crippen LogP contribution in [0.4, 0.5) is 10.1 Å². The van der Waals surface area contributed by atoms with Gasteiger partial charge in [0.15, 0.2) is 5.65 Å². The molecule has 0 radical (unpaired) electrons. The number of anilines is 1. The molecule has 6 N–H and O–H groups in total. The Labute approximate surface area is 155 Å². The summed E-state index contributed by atoms with van der Waals surface area (Å²) in [6.45, 7) is 1.11. The molecule has 1 saturated heterocycles. The third-order valence-corrected chi connectivity index (χ3v) is 4.97. The molecule has 0 saturated carbocycles. The van der Waals surface area contributed by atoms with Gasteiger partial charge in [-0.05, 0) is 18.9 Å². The first kappa shape index (κ1) is 19.5. The van der Waals surface area contributed by atoms with Crippen molar-refractivity contribution in [3.63, 3.8) is 0 Å². The standard InChI is InChI=1S/C17H25FN6O3/c1-9-13(23-16(26)11(20)3-2-5-18)12(7-25)27-17(9)24-8-22-14-10(19)4-6-21-15(14)24/h4,6,8-9,11-13,17,25H,2-3,5,7,20H2,1H3,(H2,19,21)(H,23,26)/t9-,11?,12+,13?,17+/m0/s1. The van der Waals surface area contributed by atoms with E-state index in [9.17, 15) is 14.3 Å². The summed E-state index contributed by atoms with van der Waals surface area (Å²) in [6.07, 6.45) is 2.55. The molecule has 0 aromatic carbocycles. The van der Waals surface area contributed by atoms with Crippen LogP contribution >= 0.6 is 0 Å². The fraction of sp³-hybridized carbons (Fsp3) is 0.588. The molecule has 0 bridgehead atoms. The zero-order chi connectivity index (χ0) is 19.6. The fourth-order valence-electron chi connectivity index (χ4n) is 3.44. The van der Waals surface area contributed by atoms with Gasteiger partial charge in [0.1, 0.15) is 17.8 Å². The fourth-order valence-corrected chi connectivity index (χ4v) is 3.44. The predicted octanol–water partition coefficient (Wildman–Crippen LogP) is 0.101. The SMILES string of the molecule is C[C@H]1C(NC(=O)C(N)CCCF)[C@@H](CO)O[C@H]1n1cnc2c(N)ccnc21. The molecule has 9 nitrogen and oxygen atoms in total. The van der Waals surface area contributed by atoms with Crippen molar-refractivity contribution in [1.82, 2.24) is 19.9 Å². The van der Waals surface area contributed by atoms with E-state index in [1.54, 1.807) is 23.2 Å². The van der Waals surface area contributed by atoms with E-state index in [0.717, 1.165) is 0 Å². The quantitative estimate of drug-likeness (QED) is 0.534. The molecule has 1 aliphatic rings. The Bertz CT molecular complexity index is 800. The van der Waals surface area contributed by atoms with E-state index < -0.39 is 31.1 Å². The second-order valence-corrected chi connectivity index (χ2v) is 6.80. The van der Waals surface area contributed by atoms with E-state index >= 15 is 0 Å². The van der Waals surface area contributed by atoms with Gasteiger partial charge in [0.25, 0.3) is 0 Å². The van der Waals surface area contributed by atoms with Crippen molar-refractivity contribution in [2.45, 2.75) is 44.2 Å². The molecule has 5 atom stereocenters. The van der Waals surface area contributed by atoms with E-state index in [4.69, 9.17) is 16.2 Å². The molecular formula is C17H25FN6O3. The van der Waals surface area contributed by atoms with Crippen LogP contribution in [-0.4, -0.2) is 57.0 Å². The second-order valence-electron chi connectivity index (χ2n) is 6.80. The van der Waals surface area contributed by atoms with Gasteiger partial charge in [0.2, 0.25) is 5.91 Å². The average molecular weight is 380 g/mol. The lowest BCUT2D eigenvalue weighted by molar-refractivity contribution is -0.124. The number of hydrogen-bond acceptors (Lipinski definition) is 7. The maximum atomic E-state index is 12.3. The molecule has 10 heteroatoms. The van der Waals surface area contributed by atoms with E-state index in [1.165, 1.54) is 0 Å². The molecule has 1 fully saturated rings. The van der Waals surface area contributed by atoms with E-state index in [1.807, 2.05) is 6.92 Å². The van der Waals surface area contributed by atoms with E-state index in [0.29, 0.717) is 16.9 Å². The Balaban J connectivity index is 1.79. The molecular weight excluding hydrogens is 355 g/mol. The molecule has 148 valence electrons. The summed E-state index contributed by atoms with van der Waals surface area (Å²) >= 11 is 0. The van der Waals surface area contributed by atoms with Crippen molar-refractivity contribution >= 4 is 22.8 Å². The molecule has 2 aromatic heterocycles. The van der Waals surface area contributed by atoms with Crippen molar-refractivity contribution in [2.75, 3.05) is 19.0 Å². The first-order valence-corrected chi connectivity index (χ1v) is 8.93. The minimum atomic E-state index is -0.804. The van der Waals surface area contributed by atoms with Gasteiger partial charge in [-0.1, -0.05) is 6.92 Å². The number of pyridine rings is 1. The number of carbonyl (C=O) groups excluding carboxylic acids is 1. The van der Waals surface area contributed by atoms with Gasteiger partial charge >= 0.3 is 0 Å². The topological polar surface area (TPSA) is 141 Å². The lowest BCUT2D eigenvalue weighted by Crippen LogP contribution is -2.51. The number of ether oxygens (including phenoxy) is 1. The summed E-state index contributed by atoms with van der Waals surface area (Å²) in [4.78, 5) is 20.9. The molecule has 1 aliphatic heterocycles. The van der Waals surface area contributed by atoms with Crippen LogP contribution in [0.3, 0.4) is 0 Å². The first-order chi connectivity index (χ1) is 13.0. The Kier molecular flexibility index (Phi) is 5.88. The van der Waals surface area contributed by atoms with Gasteiger partial charge in [0.05, 0.1) is 37.4 Å². The Hall–Kier alpha value is -2.30. The van der Waals surface area contributed by atoms with Gasteiger partial charge < -0.3 is 26.6 Å². The predicted molar refractivity (Wildman–Crippen MR) is 97.2 cm³/mol. The summed E-state index contributed by atoms with van der Waals surface area (Å²) < 4.78 is 20.0. The van der Waals surface area contributed by atoms with Gasteiger partial charge in [-0.25, -0.2) is 9.97 Å². The van der Waals surface area contributed by atoms with Crippen molar-refractivity contribution in [1.29, 1.82) is 0 Å². The number of aliphatic hydroxyl groups excluding tert-OH is 1. The number of nitrogen functional groups attached to an aromatic ring is 1. The number of aliphatic hydroxyl groups is 1. The number of aromatic nitrogens is 3. The first-order valence-electron chi connectivity index (χ1n) is 8.93. The number of nitrogens with zero attached hydrogens (tertiary/aromatic N) is 3. The van der Waals surface area contributed by atoms with E-state index in [2.05, 4.69) is 15.3 Å². The highest BCUT2D eigenvalue weighted by atomic mass is 19.1. The van der Waals surface area contributed by atoms with Crippen LogP contribution in [-0.2, 0) is 9.53 Å². The van der Waals surface area contributed by atoms with E-state index in [-0.39, 0.29) is 31.3 Å². The maximum absolute atomic E-state index is 12.3.